The van der Waals surface area contributed by atoms with Crippen LogP contribution in [-0.4, -0.2) is 35.3 Å². The summed E-state index contributed by atoms with van der Waals surface area (Å²) >= 11 is 0. The van der Waals surface area contributed by atoms with Crippen molar-refractivity contribution in [3.05, 3.63) is 65.7 Å². The Bertz CT molecular complexity index is 999. The van der Waals surface area contributed by atoms with Gasteiger partial charge in [0.1, 0.15) is 23.7 Å². The summed E-state index contributed by atoms with van der Waals surface area (Å²) in [7, 11) is 0. The smallest absolute Gasteiger partial charge is 0.319 e. The largest absolute Gasteiger partial charge is 0.325 e. The molecule has 2 aromatic carbocycles. The van der Waals surface area contributed by atoms with Gasteiger partial charge >= 0.3 is 12.1 Å². The standard InChI is InChI=1S/C19H16F2N4O4/c1-19(13-9-11(20)7-8-14(13)21)16(27)25(18(29)24-19)10-15(26)23-17(28)22-12-5-3-2-4-6-12/h2-9H,10H2,1H3,(H,24,29)(H2,22,23,26,28). The van der Waals surface area contributed by atoms with Gasteiger partial charge in [-0.25, -0.2) is 18.4 Å². The molecular formula is C19H16F2N4O4. The summed E-state index contributed by atoms with van der Waals surface area (Å²) in [6.45, 7) is 0.421. The Kier molecular flexibility index (Phi) is 5.26. The first kappa shape index (κ1) is 19.9. The number of hydrogen-bond donors (Lipinski definition) is 3. The molecule has 2 aromatic rings. The normalized spacial score (nSPS) is 18.4. The zero-order valence-electron chi connectivity index (χ0n) is 15.2. The minimum Gasteiger partial charge on any atom is -0.319 e. The lowest BCUT2D eigenvalue weighted by atomic mass is 9.91. The van der Waals surface area contributed by atoms with E-state index >= 15 is 0 Å². The highest BCUT2D eigenvalue weighted by molar-refractivity contribution is 6.10. The first-order valence-electron chi connectivity index (χ1n) is 8.46. The quantitative estimate of drug-likeness (QED) is 0.681. The monoisotopic (exact) mass is 402 g/mol. The molecular weight excluding hydrogens is 386 g/mol. The highest BCUT2D eigenvalue weighted by Crippen LogP contribution is 2.31. The highest BCUT2D eigenvalue weighted by atomic mass is 19.1. The predicted octanol–water partition coefficient (Wildman–Crippen LogP) is 2.08. The second-order valence-electron chi connectivity index (χ2n) is 6.44. The SMILES string of the molecule is CC1(c2cc(F)ccc2F)NC(=O)N(CC(=O)NC(=O)Nc2ccccc2)C1=O. The van der Waals surface area contributed by atoms with E-state index in [0.29, 0.717) is 10.6 Å². The number of amides is 6. The van der Waals surface area contributed by atoms with Crippen molar-refractivity contribution in [2.45, 2.75) is 12.5 Å². The molecule has 1 fully saturated rings. The second-order valence-corrected chi connectivity index (χ2v) is 6.44. The number of halogens is 2. The lowest BCUT2D eigenvalue weighted by Gasteiger charge is -2.22. The summed E-state index contributed by atoms with van der Waals surface area (Å²) in [5.41, 5.74) is -1.84. The lowest BCUT2D eigenvalue weighted by Crippen LogP contribution is -2.45. The zero-order valence-corrected chi connectivity index (χ0v) is 15.2. The number of nitrogens with one attached hydrogen (secondary N) is 3. The van der Waals surface area contributed by atoms with Gasteiger partial charge in [-0.2, -0.15) is 0 Å². The first-order chi connectivity index (χ1) is 13.7. The minimum absolute atomic E-state index is 0.374. The molecule has 3 rings (SSSR count). The van der Waals surface area contributed by atoms with E-state index in [0.717, 1.165) is 18.2 Å². The van der Waals surface area contributed by atoms with Gasteiger partial charge in [0.25, 0.3) is 5.91 Å². The number of hydrogen-bond acceptors (Lipinski definition) is 4. The number of urea groups is 2. The third kappa shape index (κ3) is 4.05. The van der Waals surface area contributed by atoms with Gasteiger partial charge < -0.3 is 10.6 Å². The van der Waals surface area contributed by atoms with Crippen LogP contribution in [0.25, 0.3) is 0 Å². The molecule has 3 N–H and O–H groups in total. The van der Waals surface area contributed by atoms with Crippen LogP contribution in [0.5, 0.6) is 0 Å². The van der Waals surface area contributed by atoms with Crippen LogP contribution >= 0.6 is 0 Å². The number of benzene rings is 2. The van der Waals surface area contributed by atoms with Crippen molar-refractivity contribution < 1.29 is 28.0 Å². The van der Waals surface area contributed by atoms with E-state index in [9.17, 15) is 28.0 Å². The molecule has 10 heteroatoms. The van der Waals surface area contributed by atoms with Crippen molar-refractivity contribution in [3.63, 3.8) is 0 Å². The van der Waals surface area contributed by atoms with Gasteiger partial charge in [0.15, 0.2) is 0 Å². The average molecular weight is 402 g/mol. The van der Waals surface area contributed by atoms with Crippen molar-refractivity contribution in [3.8, 4) is 0 Å². The molecule has 0 bridgehead atoms. The Hall–Kier alpha value is -3.82. The summed E-state index contributed by atoms with van der Waals surface area (Å²) in [6.07, 6.45) is 0. The van der Waals surface area contributed by atoms with E-state index in [1.165, 1.54) is 6.92 Å². The van der Waals surface area contributed by atoms with Crippen molar-refractivity contribution in [2.24, 2.45) is 0 Å². The van der Waals surface area contributed by atoms with Crippen molar-refractivity contribution in [1.29, 1.82) is 0 Å². The molecule has 1 unspecified atom stereocenters. The molecule has 0 aromatic heterocycles. The number of carbonyl (C=O) groups is 4. The molecule has 1 saturated heterocycles. The molecule has 6 amide bonds. The van der Waals surface area contributed by atoms with Gasteiger partial charge in [-0.1, -0.05) is 18.2 Å². The highest BCUT2D eigenvalue weighted by Gasteiger charge is 2.50. The fourth-order valence-corrected chi connectivity index (χ4v) is 2.90. The van der Waals surface area contributed by atoms with Crippen LogP contribution in [0.2, 0.25) is 0 Å². The third-order valence-electron chi connectivity index (χ3n) is 4.33. The van der Waals surface area contributed by atoms with Gasteiger partial charge in [-0.3, -0.25) is 19.8 Å². The fourth-order valence-electron chi connectivity index (χ4n) is 2.90. The van der Waals surface area contributed by atoms with Crippen molar-refractivity contribution in [2.75, 3.05) is 11.9 Å². The number of carbonyl (C=O) groups excluding carboxylic acids is 4. The molecule has 1 heterocycles. The van der Waals surface area contributed by atoms with Gasteiger partial charge in [-0.05, 0) is 37.3 Å². The number of rotatable bonds is 4. The molecule has 0 saturated carbocycles. The summed E-state index contributed by atoms with van der Waals surface area (Å²) in [5.74, 6) is -3.58. The average Bonchev–Trinajstić information content (AvgIpc) is 2.88. The van der Waals surface area contributed by atoms with Gasteiger partial charge in [-0.15, -0.1) is 0 Å². The number of para-hydroxylation sites is 1. The molecule has 150 valence electrons. The van der Waals surface area contributed by atoms with Crippen LogP contribution in [0.4, 0.5) is 24.1 Å². The lowest BCUT2D eigenvalue weighted by molar-refractivity contribution is -0.134. The first-order valence-corrected chi connectivity index (χ1v) is 8.46. The number of nitrogens with zero attached hydrogens (tertiary/aromatic N) is 1. The Morgan fingerprint density at radius 2 is 1.79 bits per heavy atom. The van der Waals surface area contributed by atoms with Gasteiger partial charge in [0.05, 0.1) is 0 Å². The minimum atomic E-state index is -1.89. The second kappa shape index (κ2) is 7.66. The number of imide groups is 2. The van der Waals surface area contributed by atoms with Crippen LogP contribution < -0.4 is 16.0 Å². The summed E-state index contributed by atoms with van der Waals surface area (Å²) in [4.78, 5) is 49.3. The van der Waals surface area contributed by atoms with Crippen molar-refractivity contribution >= 4 is 29.6 Å². The van der Waals surface area contributed by atoms with Crippen LogP contribution in [0, 0.1) is 11.6 Å². The summed E-state index contributed by atoms with van der Waals surface area (Å²) in [6, 6.07) is 8.97. The molecule has 0 spiro atoms. The van der Waals surface area contributed by atoms with E-state index < -0.39 is 47.6 Å². The van der Waals surface area contributed by atoms with E-state index in [-0.39, 0.29) is 5.56 Å². The van der Waals surface area contributed by atoms with E-state index in [1.807, 2.05) is 5.32 Å². The van der Waals surface area contributed by atoms with Crippen LogP contribution in [0.15, 0.2) is 48.5 Å². The maximum atomic E-state index is 14.1. The predicted molar refractivity (Wildman–Crippen MR) is 97.6 cm³/mol. The molecule has 0 aliphatic carbocycles. The molecule has 1 aliphatic heterocycles. The van der Waals surface area contributed by atoms with Crippen LogP contribution in [0.3, 0.4) is 0 Å². The molecule has 29 heavy (non-hydrogen) atoms. The Morgan fingerprint density at radius 1 is 1.10 bits per heavy atom. The Morgan fingerprint density at radius 3 is 2.48 bits per heavy atom. The summed E-state index contributed by atoms with van der Waals surface area (Å²) in [5, 5.41) is 6.66. The molecule has 1 atom stereocenters. The molecule has 8 nitrogen and oxygen atoms in total. The molecule has 0 radical (unpaired) electrons. The van der Waals surface area contributed by atoms with E-state index in [4.69, 9.17) is 0 Å². The fraction of sp³-hybridized carbons (Fsp3) is 0.158. The molecule has 1 aliphatic rings. The topological polar surface area (TPSA) is 108 Å². The van der Waals surface area contributed by atoms with E-state index in [1.54, 1.807) is 30.3 Å². The maximum absolute atomic E-state index is 14.1. The van der Waals surface area contributed by atoms with E-state index in [2.05, 4.69) is 10.6 Å². The zero-order chi connectivity index (χ0) is 21.2. The number of anilines is 1. The summed E-state index contributed by atoms with van der Waals surface area (Å²) < 4.78 is 27.6. The van der Waals surface area contributed by atoms with Crippen LogP contribution in [-0.2, 0) is 15.1 Å². The Balaban J connectivity index is 1.69. The van der Waals surface area contributed by atoms with Gasteiger partial charge in [0.2, 0.25) is 5.91 Å². The van der Waals surface area contributed by atoms with Crippen LogP contribution in [0.1, 0.15) is 12.5 Å². The van der Waals surface area contributed by atoms with Crippen molar-refractivity contribution in [1.82, 2.24) is 15.5 Å². The van der Waals surface area contributed by atoms with Gasteiger partial charge in [0, 0.05) is 11.3 Å². The Labute approximate surface area is 163 Å². The maximum Gasteiger partial charge on any atom is 0.325 e. The third-order valence-corrected chi connectivity index (χ3v) is 4.33.